The van der Waals surface area contributed by atoms with Crippen LogP contribution >= 0.6 is 0 Å². The first kappa shape index (κ1) is 7.72. The molecule has 57 valence electrons. The Bertz CT molecular complexity index is 253. The lowest BCUT2D eigenvalue weighted by Crippen LogP contribution is -1.94. The Morgan fingerprint density at radius 3 is 2.36 bits per heavy atom. The predicted molar refractivity (Wildman–Crippen MR) is 41.6 cm³/mol. The number of nitrogens with zero attached hydrogens (tertiary/aromatic N) is 1. The van der Waals surface area contributed by atoms with Crippen molar-refractivity contribution in [2.75, 3.05) is 0 Å². The maximum atomic E-state index is 10.0. The molecule has 0 N–H and O–H groups in total. The zero-order chi connectivity index (χ0) is 8.27. The van der Waals surface area contributed by atoms with Crippen molar-refractivity contribution in [2.45, 2.75) is 6.92 Å². The van der Waals surface area contributed by atoms with E-state index in [1.165, 1.54) is 0 Å². The van der Waals surface area contributed by atoms with Crippen molar-refractivity contribution >= 4 is 0 Å². The molecule has 0 aliphatic rings. The molecule has 0 fully saturated rings. The van der Waals surface area contributed by atoms with E-state index in [-0.39, 0.29) is 0 Å². The summed E-state index contributed by atoms with van der Waals surface area (Å²) in [5.41, 5.74) is 1.73. The van der Waals surface area contributed by atoms with Crippen molar-refractivity contribution < 1.29 is 4.92 Å². The molecular weight excluding hydrogens is 142 g/mol. The summed E-state index contributed by atoms with van der Waals surface area (Å²) in [5, 5.41) is 10.0. The Hall–Kier alpha value is -1.38. The zero-order valence-corrected chi connectivity index (χ0v) is 6.15. The van der Waals surface area contributed by atoms with E-state index < -0.39 is 4.92 Å². The van der Waals surface area contributed by atoms with Gasteiger partial charge in [-0.3, -0.25) is 10.1 Å². The minimum absolute atomic E-state index is 0.454. The van der Waals surface area contributed by atoms with Gasteiger partial charge in [0, 0.05) is 10.5 Å². The SMILES string of the molecule is Cc1ccc([CH][N+](=O)[O-])cc1. The Morgan fingerprint density at radius 2 is 1.91 bits per heavy atom. The highest BCUT2D eigenvalue weighted by Crippen LogP contribution is 2.04. The fraction of sp³-hybridized carbons (Fsp3) is 0.125. The van der Waals surface area contributed by atoms with Gasteiger partial charge in [0.1, 0.15) is 0 Å². The first-order valence-corrected chi connectivity index (χ1v) is 3.23. The highest BCUT2D eigenvalue weighted by molar-refractivity contribution is 5.24. The van der Waals surface area contributed by atoms with E-state index in [9.17, 15) is 10.1 Å². The third kappa shape index (κ3) is 2.37. The second kappa shape index (κ2) is 3.14. The second-order valence-electron chi connectivity index (χ2n) is 2.33. The molecule has 0 unspecified atom stereocenters. The molecule has 1 radical (unpaired) electrons. The highest BCUT2D eigenvalue weighted by Gasteiger charge is 2.01. The number of aryl methyl sites for hydroxylation is 1. The molecule has 0 saturated carbocycles. The zero-order valence-electron chi connectivity index (χ0n) is 6.15. The normalized spacial score (nSPS) is 9.55. The summed E-state index contributed by atoms with van der Waals surface area (Å²) in [6.45, 7) is 2.93. The molecule has 0 aliphatic heterocycles. The molecule has 0 amide bonds. The van der Waals surface area contributed by atoms with Gasteiger partial charge >= 0.3 is 6.54 Å². The number of hydrogen-bond donors (Lipinski definition) is 0. The summed E-state index contributed by atoms with van der Waals surface area (Å²) < 4.78 is 0. The van der Waals surface area contributed by atoms with Crippen LogP contribution in [0.4, 0.5) is 0 Å². The molecular formula is C8H8NO2. The van der Waals surface area contributed by atoms with Crippen LogP contribution in [0.15, 0.2) is 24.3 Å². The quantitative estimate of drug-likeness (QED) is 0.476. The Kier molecular flexibility index (Phi) is 2.21. The highest BCUT2D eigenvalue weighted by atomic mass is 16.6. The van der Waals surface area contributed by atoms with Crippen LogP contribution in [-0.2, 0) is 0 Å². The van der Waals surface area contributed by atoms with Crippen LogP contribution in [0.25, 0.3) is 0 Å². The van der Waals surface area contributed by atoms with Crippen molar-refractivity contribution in [3.05, 3.63) is 52.1 Å². The molecule has 0 aromatic heterocycles. The number of nitro groups is 1. The topological polar surface area (TPSA) is 43.1 Å². The molecule has 1 aromatic carbocycles. The van der Waals surface area contributed by atoms with Gasteiger partial charge < -0.3 is 0 Å². The summed E-state index contributed by atoms with van der Waals surface area (Å²) in [7, 11) is 0. The van der Waals surface area contributed by atoms with E-state index in [1.54, 1.807) is 12.1 Å². The minimum atomic E-state index is -0.454. The summed E-state index contributed by atoms with van der Waals surface area (Å²) in [4.78, 5) is 9.55. The number of benzene rings is 1. The van der Waals surface area contributed by atoms with Crippen LogP contribution in [0.5, 0.6) is 0 Å². The van der Waals surface area contributed by atoms with Crippen molar-refractivity contribution in [2.24, 2.45) is 0 Å². The maximum Gasteiger partial charge on any atom is 0.308 e. The average molecular weight is 150 g/mol. The van der Waals surface area contributed by atoms with Gasteiger partial charge in [-0.25, -0.2) is 0 Å². The molecule has 0 bridgehead atoms. The van der Waals surface area contributed by atoms with Gasteiger partial charge in [-0.1, -0.05) is 29.8 Å². The largest absolute Gasteiger partial charge is 0.308 e. The van der Waals surface area contributed by atoms with Gasteiger partial charge in [0.25, 0.3) is 0 Å². The summed E-state index contributed by atoms with van der Waals surface area (Å²) in [6, 6.07) is 7.13. The van der Waals surface area contributed by atoms with E-state index in [4.69, 9.17) is 0 Å². The standard InChI is InChI=1S/C8H8NO2/c1-7-2-4-8(5-3-7)6-9(10)11/h2-6H,1H3. The summed E-state index contributed by atoms with van der Waals surface area (Å²) >= 11 is 0. The van der Waals surface area contributed by atoms with E-state index in [1.807, 2.05) is 19.1 Å². The van der Waals surface area contributed by atoms with Crippen LogP contribution < -0.4 is 0 Å². The lowest BCUT2D eigenvalue weighted by atomic mass is 10.2. The van der Waals surface area contributed by atoms with E-state index >= 15 is 0 Å². The lowest BCUT2D eigenvalue weighted by Gasteiger charge is -1.93. The summed E-state index contributed by atoms with van der Waals surface area (Å²) in [6.07, 6.45) is 0. The lowest BCUT2D eigenvalue weighted by molar-refractivity contribution is -0.429. The van der Waals surface area contributed by atoms with Crippen molar-refractivity contribution in [3.8, 4) is 0 Å². The van der Waals surface area contributed by atoms with Crippen molar-refractivity contribution in [1.29, 1.82) is 0 Å². The third-order valence-corrected chi connectivity index (χ3v) is 1.33. The number of rotatable bonds is 2. The molecule has 0 heterocycles. The van der Waals surface area contributed by atoms with E-state index in [0.29, 0.717) is 5.56 Å². The fourth-order valence-electron chi connectivity index (χ4n) is 0.774. The molecule has 11 heavy (non-hydrogen) atoms. The van der Waals surface area contributed by atoms with Gasteiger partial charge in [0.15, 0.2) is 0 Å². The Balaban J connectivity index is 2.74. The van der Waals surface area contributed by atoms with Gasteiger partial charge in [0.05, 0.1) is 0 Å². The maximum absolute atomic E-state index is 10.0. The molecule has 3 nitrogen and oxygen atoms in total. The fourth-order valence-corrected chi connectivity index (χ4v) is 0.774. The molecule has 1 aromatic rings. The third-order valence-electron chi connectivity index (χ3n) is 1.33. The van der Waals surface area contributed by atoms with Crippen molar-refractivity contribution in [1.82, 2.24) is 0 Å². The monoisotopic (exact) mass is 150 g/mol. The van der Waals surface area contributed by atoms with Gasteiger partial charge in [-0.05, 0) is 6.92 Å². The van der Waals surface area contributed by atoms with Gasteiger partial charge in [-0.15, -0.1) is 0 Å². The van der Waals surface area contributed by atoms with E-state index in [2.05, 4.69) is 0 Å². The van der Waals surface area contributed by atoms with Crippen LogP contribution in [-0.4, -0.2) is 4.92 Å². The molecule has 0 spiro atoms. The van der Waals surface area contributed by atoms with Crippen LogP contribution in [0, 0.1) is 23.6 Å². The van der Waals surface area contributed by atoms with Crippen LogP contribution in [0.2, 0.25) is 0 Å². The summed E-state index contributed by atoms with van der Waals surface area (Å²) in [5.74, 6) is 0. The van der Waals surface area contributed by atoms with Crippen molar-refractivity contribution in [3.63, 3.8) is 0 Å². The molecule has 0 saturated heterocycles. The van der Waals surface area contributed by atoms with Crippen LogP contribution in [0.3, 0.4) is 0 Å². The van der Waals surface area contributed by atoms with Gasteiger partial charge in [-0.2, -0.15) is 0 Å². The molecule has 3 heteroatoms. The average Bonchev–Trinajstić information content (AvgIpc) is 1.93. The molecule has 0 aliphatic carbocycles. The Labute approximate surface area is 64.8 Å². The van der Waals surface area contributed by atoms with Gasteiger partial charge in [0.2, 0.25) is 0 Å². The Morgan fingerprint density at radius 1 is 1.36 bits per heavy atom. The predicted octanol–water partition coefficient (Wildman–Crippen LogP) is 1.78. The van der Waals surface area contributed by atoms with Crippen LogP contribution in [0.1, 0.15) is 11.1 Å². The number of hydrogen-bond acceptors (Lipinski definition) is 2. The minimum Gasteiger partial charge on any atom is -0.264 e. The molecule has 0 atom stereocenters. The molecule has 1 rings (SSSR count). The first-order valence-electron chi connectivity index (χ1n) is 3.23. The second-order valence-corrected chi connectivity index (χ2v) is 2.33. The smallest absolute Gasteiger partial charge is 0.264 e. The van der Waals surface area contributed by atoms with E-state index in [0.717, 1.165) is 12.1 Å². The first-order chi connectivity index (χ1) is 5.18.